The third kappa shape index (κ3) is 8.03. The van der Waals surface area contributed by atoms with E-state index in [1.807, 2.05) is 0 Å². The fourth-order valence-electron chi connectivity index (χ4n) is 2.83. The van der Waals surface area contributed by atoms with Crippen LogP contribution < -0.4 is 0 Å². The zero-order chi connectivity index (χ0) is 26.6. The van der Waals surface area contributed by atoms with Gasteiger partial charge in [0.2, 0.25) is 0 Å². The van der Waals surface area contributed by atoms with Crippen molar-refractivity contribution in [2.75, 3.05) is 11.8 Å². The number of imidazole rings is 2. The van der Waals surface area contributed by atoms with E-state index in [4.69, 9.17) is 32.2 Å². The lowest BCUT2D eigenvalue weighted by Gasteiger charge is -2.22. The van der Waals surface area contributed by atoms with Crippen LogP contribution in [0.1, 0.15) is 11.6 Å². The van der Waals surface area contributed by atoms with Crippen LogP contribution in [0, 0.1) is 34.1 Å². The minimum Gasteiger partial charge on any atom is -0.358 e. The van der Waals surface area contributed by atoms with Crippen molar-refractivity contribution in [2.24, 2.45) is 0 Å². The molecule has 0 amide bonds. The Morgan fingerprint density at radius 2 is 1.26 bits per heavy atom. The van der Waals surface area contributed by atoms with Gasteiger partial charge in [-0.1, -0.05) is 0 Å². The number of rotatable bonds is 14. The molecule has 2 rings (SSSR count). The van der Waals surface area contributed by atoms with Crippen LogP contribution in [0.15, 0.2) is 12.4 Å². The highest BCUT2D eigenvalue weighted by Crippen LogP contribution is 2.61. The van der Waals surface area contributed by atoms with Crippen molar-refractivity contribution in [3.63, 3.8) is 0 Å². The second-order valence-electron chi connectivity index (χ2n) is 6.84. The number of aryl methyl sites for hydroxylation is 2. The number of hydrogen-bond acceptors (Lipinski definition) is 11. The molecule has 0 bridgehead atoms. The Kier molecular flexibility index (Phi) is 9.93. The Labute approximate surface area is 207 Å². The molecule has 0 aliphatic rings. The minimum absolute atomic E-state index is 0.175. The van der Waals surface area contributed by atoms with Gasteiger partial charge in [0.15, 0.2) is 11.6 Å². The fraction of sp³-hybridized carbons (Fsp3) is 0.571. The van der Waals surface area contributed by atoms with E-state index in [1.54, 1.807) is 0 Å². The molecule has 0 aromatic carbocycles. The molecule has 4 atom stereocenters. The number of nitro groups is 2. The van der Waals surface area contributed by atoms with Gasteiger partial charge in [0.05, 0.1) is 11.8 Å². The maximum Gasteiger partial charge on any atom is 0.481 e. The van der Waals surface area contributed by atoms with E-state index < -0.39 is 74.2 Å². The Morgan fingerprint density at radius 1 is 0.914 bits per heavy atom. The van der Waals surface area contributed by atoms with Gasteiger partial charge < -0.3 is 30.0 Å². The lowest BCUT2D eigenvalue weighted by atomic mass is 10.4. The summed E-state index contributed by atoms with van der Waals surface area (Å²) < 4.78 is 40.7. The van der Waals surface area contributed by atoms with E-state index in [2.05, 4.69) is 14.3 Å². The first kappa shape index (κ1) is 29.3. The number of phosphoric acid groups is 2. The number of aromatic nitrogens is 4. The van der Waals surface area contributed by atoms with Gasteiger partial charge in [-0.15, -0.1) is 23.2 Å². The minimum atomic E-state index is -5.33. The molecule has 196 valence electrons. The predicted octanol–water partition coefficient (Wildman–Crippen LogP) is 2.68. The van der Waals surface area contributed by atoms with Gasteiger partial charge in [-0.3, -0.25) is 9.05 Å². The molecule has 0 radical (unpaired) electrons. The molecule has 0 aliphatic heterocycles. The zero-order valence-electron chi connectivity index (χ0n) is 18.0. The van der Waals surface area contributed by atoms with Crippen LogP contribution in [0.5, 0.6) is 0 Å². The first-order chi connectivity index (χ1) is 16.2. The smallest absolute Gasteiger partial charge is 0.358 e. The van der Waals surface area contributed by atoms with Crippen LogP contribution in [-0.4, -0.2) is 62.7 Å². The monoisotopic (exact) mass is 580 g/mol. The number of hydrogen-bond donors (Lipinski definition) is 2. The SMILES string of the molecule is Cc1ncc([N+](=O)[O-])n1C[C@@H](CCl)OP(=O)(O)OP(=O)(O)O[C@H](CCl)Cn1c([N+](=O)[O-])cnc1C. The molecule has 21 heteroatoms. The van der Waals surface area contributed by atoms with Gasteiger partial charge in [0, 0.05) is 13.8 Å². The molecule has 2 aromatic rings. The van der Waals surface area contributed by atoms with Crippen molar-refractivity contribution in [1.29, 1.82) is 0 Å². The third-order valence-electron chi connectivity index (χ3n) is 4.33. The molecule has 0 aliphatic carbocycles. The van der Waals surface area contributed by atoms with Crippen molar-refractivity contribution in [2.45, 2.75) is 39.1 Å². The average Bonchev–Trinajstić information content (AvgIpc) is 3.28. The van der Waals surface area contributed by atoms with Gasteiger partial charge in [0.25, 0.3) is 0 Å². The van der Waals surface area contributed by atoms with Gasteiger partial charge in [-0.2, -0.15) is 4.31 Å². The second kappa shape index (κ2) is 11.9. The van der Waals surface area contributed by atoms with Crippen molar-refractivity contribution in [3.05, 3.63) is 44.3 Å². The van der Waals surface area contributed by atoms with E-state index in [0.29, 0.717) is 0 Å². The van der Waals surface area contributed by atoms with Crippen LogP contribution in [0.4, 0.5) is 11.6 Å². The first-order valence-corrected chi connectivity index (χ1v) is 13.4. The molecule has 0 saturated heterocycles. The Balaban J connectivity index is 2.10. The molecular weight excluding hydrogens is 561 g/mol. The molecule has 2 aromatic heterocycles. The fourth-order valence-corrected chi connectivity index (χ4v) is 5.71. The maximum absolute atomic E-state index is 12.4. The predicted molar refractivity (Wildman–Crippen MR) is 119 cm³/mol. The number of halogens is 2. The molecule has 2 heterocycles. The molecule has 0 saturated carbocycles. The molecule has 2 N–H and O–H groups in total. The number of alkyl halides is 2. The van der Waals surface area contributed by atoms with Gasteiger partial charge in [-0.25, -0.2) is 28.2 Å². The summed E-state index contributed by atoms with van der Waals surface area (Å²) in [5, 5.41) is 22.2. The summed E-state index contributed by atoms with van der Waals surface area (Å²) in [6.07, 6.45) is -0.855. The van der Waals surface area contributed by atoms with E-state index >= 15 is 0 Å². The van der Waals surface area contributed by atoms with Gasteiger partial charge in [-0.05, 0) is 9.85 Å². The topological polar surface area (TPSA) is 224 Å². The standard InChI is InChI=1S/C14H20Cl2N6O11P2/c1-9-17-5-13(21(23)24)19(9)7-11(3-15)31-34(27,28)33-35(29,30)32-12(4-16)8-20-10(2)18-6-14(20)22(25)26/h5-6,11-12H,3-4,7-8H2,1-2H3,(H,27,28)(H,29,30)/t11-,12-/m1/s1. The molecule has 0 spiro atoms. The highest BCUT2D eigenvalue weighted by atomic mass is 35.5. The summed E-state index contributed by atoms with van der Waals surface area (Å²) in [4.78, 5) is 48.2. The lowest BCUT2D eigenvalue weighted by Crippen LogP contribution is -2.24. The van der Waals surface area contributed by atoms with Crippen LogP contribution in [0.2, 0.25) is 0 Å². The van der Waals surface area contributed by atoms with E-state index in [1.165, 1.54) is 13.8 Å². The van der Waals surface area contributed by atoms with E-state index in [-0.39, 0.29) is 11.6 Å². The summed E-state index contributed by atoms with van der Waals surface area (Å²) >= 11 is 11.5. The Bertz CT molecular complexity index is 1090. The van der Waals surface area contributed by atoms with E-state index in [0.717, 1.165) is 21.5 Å². The highest BCUT2D eigenvalue weighted by Gasteiger charge is 2.40. The Hall–Kier alpha value is -1.94. The molecular formula is C14H20Cl2N6O11P2. The summed E-state index contributed by atoms with van der Waals surface area (Å²) in [5.41, 5.74) is 0. The van der Waals surface area contributed by atoms with Crippen molar-refractivity contribution >= 4 is 50.5 Å². The highest BCUT2D eigenvalue weighted by molar-refractivity contribution is 7.61. The summed E-state index contributed by atoms with van der Waals surface area (Å²) in [6, 6.07) is 0. The quantitative estimate of drug-likeness (QED) is 0.142. The second-order valence-corrected chi connectivity index (χ2v) is 10.4. The Morgan fingerprint density at radius 3 is 1.54 bits per heavy atom. The molecule has 2 unspecified atom stereocenters. The maximum atomic E-state index is 12.4. The van der Waals surface area contributed by atoms with Crippen LogP contribution >= 0.6 is 38.8 Å². The zero-order valence-corrected chi connectivity index (χ0v) is 21.3. The van der Waals surface area contributed by atoms with Gasteiger partial charge in [0.1, 0.15) is 37.7 Å². The first-order valence-electron chi connectivity index (χ1n) is 9.38. The van der Waals surface area contributed by atoms with Crippen LogP contribution in [0.3, 0.4) is 0 Å². The summed E-state index contributed by atoms with van der Waals surface area (Å²) in [7, 11) is -10.7. The molecule has 17 nitrogen and oxygen atoms in total. The van der Waals surface area contributed by atoms with E-state index in [9.17, 15) is 39.1 Å². The summed E-state index contributed by atoms with van der Waals surface area (Å²) in [5.74, 6) is -1.47. The molecule has 0 fully saturated rings. The lowest BCUT2D eigenvalue weighted by molar-refractivity contribution is -0.392. The summed E-state index contributed by atoms with van der Waals surface area (Å²) in [6.45, 7) is 2.04. The third-order valence-corrected chi connectivity index (χ3v) is 7.80. The van der Waals surface area contributed by atoms with Crippen molar-refractivity contribution in [1.82, 2.24) is 19.1 Å². The normalized spacial score (nSPS) is 16.9. The van der Waals surface area contributed by atoms with Crippen LogP contribution in [-0.2, 0) is 35.6 Å². The van der Waals surface area contributed by atoms with Crippen molar-refractivity contribution < 1.29 is 42.1 Å². The number of phosphoric ester groups is 2. The van der Waals surface area contributed by atoms with Crippen LogP contribution in [0.25, 0.3) is 0 Å². The van der Waals surface area contributed by atoms with Crippen molar-refractivity contribution in [3.8, 4) is 0 Å². The number of nitrogens with zero attached hydrogens (tertiary/aromatic N) is 6. The average molecular weight is 581 g/mol. The molecule has 35 heavy (non-hydrogen) atoms. The van der Waals surface area contributed by atoms with Gasteiger partial charge >= 0.3 is 27.3 Å². The largest absolute Gasteiger partial charge is 0.481 e.